The molecule has 0 radical (unpaired) electrons. The van der Waals surface area contributed by atoms with Crippen LogP contribution in [0.4, 0.5) is 0 Å². The SMILES string of the molecule is CC#CCCNC(=O)[C@@H](N)CCSC. The van der Waals surface area contributed by atoms with Gasteiger partial charge in [-0.25, -0.2) is 0 Å². The lowest BCUT2D eigenvalue weighted by Crippen LogP contribution is -2.41. The largest absolute Gasteiger partial charge is 0.354 e. The normalized spacial score (nSPS) is 11.4. The van der Waals surface area contributed by atoms with Gasteiger partial charge in [0.25, 0.3) is 0 Å². The lowest BCUT2D eigenvalue weighted by molar-refractivity contribution is -0.122. The van der Waals surface area contributed by atoms with E-state index in [0.29, 0.717) is 13.0 Å². The van der Waals surface area contributed by atoms with E-state index in [0.717, 1.165) is 12.2 Å². The van der Waals surface area contributed by atoms with Crippen molar-refractivity contribution in [1.82, 2.24) is 5.32 Å². The first-order valence-electron chi connectivity index (χ1n) is 4.64. The Morgan fingerprint density at radius 2 is 2.36 bits per heavy atom. The second-order valence-electron chi connectivity index (χ2n) is 2.86. The molecule has 4 heteroatoms. The fraction of sp³-hybridized carbons (Fsp3) is 0.700. The Kier molecular flexibility index (Phi) is 8.50. The Balaban J connectivity index is 3.54. The third-order valence-corrected chi connectivity index (χ3v) is 2.34. The molecule has 0 rings (SSSR count). The first-order chi connectivity index (χ1) is 6.72. The zero-order chi connectivity index (χ0) is 10.8. The van der Waals surface area contributed by atoms with E-state index in [2.05, 4.69) is 17.2 Å². The Bertz CT molecular complexity index is 220. The number of carbonyl (C=O) groups is 1. The van der Waals surface area contributed by atoms with E-state index in [1.807, 2.05) is 6.26 Å². The topological polar surface area (TPSA) is 55.1 Å². The maximum atomic E-state index is 11.3. The molecule has 3 N–H and O–H groups in total. The molecule has 0 saturated carbocycles. The molecule has 1 amide bonds. The molecule has 0 aromatic heterocycles. The molecular weight excluding hydrogens is 196 g/mol. The number of nitrogens with two attached hydrogens (primary N) is 1. The standard InChI is InChI=1S/C10H18N2OS/c1-3-4-5-7-12-10(13)9(11)6-8-14-2/h9H,5-8,11H2,1-2H3,(H,12,13)/t9-/m0/s1. The zero-order valence-corrected chi connectivity index (χ0v) is 9.62. The van der Waals surface area contributed by atoms with Crippen molar-refractivity contribution in [3.8, 4) is 11.8 Å². The average molecular weight is 214 g/mol. The highest BCUT2D eigenvalue weighted by Crippen LogP contribution is 1.98. The Labute approximate surface area is 90.2 Å². The number of carbonyl (C=O) groups excluding carboxylic acids is 1. The number of rotatable bonds is 6. The van der Waals surface area contributed by atoms with Gasteiger partial charge in [-0.05, 0) is 25.4 Å². The van der Waals surface area contributed by atoms with Crippen LogP contribution in [0.2, 0.25) is 0 Å². The maximum Gasteiger partial charge on any atom is 0.236 e. The highest BCUT2D eigenvalue weighted by atomic mass is 32.2. The van der Waals surface area contributed by atoms with Crippen LogP contribution in [0.5, 0.6) is 0 Å². The summed E-state index contributed by atoms with van der Waals surface area (Å²) in [4.78, 5) is 11.3. The van der Waals surface area contributed by atoms with Crippen molar-refractivity contribution in [2.24, 2.45) is 5.73 Å². The minimum absolute atomic E-state index is 0.0723. The molecule has 0 unspecified atom stereocenters. The molecule has 0 spiro atoms. The van der Waals surface area contributed by atoms with Crippen LogP contribution < -0.4 is 11.1 Å². The van der Waals surface area contributed by atoms with Crippen LogP contribution in [0.1, 0.15) is 19.8 Å². The average Bonchev–Trinajstić information content (AvgIpc) is 2.20. The van der Waals surface area contributed by atoms with E-state index in [1.54, 1.807) is 18.7 Å². The number of thioether (sulfide) groups is 1. The van der Waals surface area contributed by atoms with Gasteiger partial charge >= 0.3 is 0 Å². The lowest BCUT2D eigenvalue weighted by Gasteiger charge is -2.10. The fourth-order valence-corrected chi connectivity index (χ4v) is 1.37. The summed E-state index contributed by atoms with van der Waals surface area (Å²) < 4.78 is 0. The van der Waals surface area contributed by atoms with Crippen molar-refractivity contribution < 1.29 is 4.79 Å². The van der Waals surface area contributed by atoms with Crippen molar-refractivity contribution in [1.29, 1.82) is 0 Å². The van der Waals surface area contributed by atoms with Crippen molar-refractivity contribution >= 4 is 17.7 Å². The highest BCUT2D eigenvalue weighted by molar-refractivity contribution is 7.98. The molecule has 80 valence electrons. The van der Waals surface area contributed by atoms with Crippen molar-refractivity contribution in [3.63, 3.8) is 0 Å². The molecule has 0 aromatic carbocycles. The van der Waals surface area contributed by atoms with Crippen LogP contribution in [0.25, 0.3) is 0 Å². The molecule has 0 aliphatic rings. The Hall–Kier alpha value is -0.660. The summed E-state index contributed by atoms with van der Waals surface area (Å²) in [6.07, 6.45) is 3.42. The number of nitrogens with one attached hydrogen (secondary N) is 1. The number of hydrogen-bond donors (Lipinski definition) is 2. The van der Waals surface area contributed by atoms with E-state index < -0.39 is 0 Å². The molecule has 0 bridgehead atoms. The minimum atomic E-state index is -0.378. The van der Waals surface area contributed by atoms with E-state index in [-0.39, 0.29) is 11.9 Å². The van der Waals surface area contributed by atoms with Gasteiger partial charge in [-0.3, -0.25) is 4.79 Å². The van der Waals surface area contributed by atoms with Gasteiger partial charge in [0.05, 0.1) is 6.04 Å². The molecule has 1 atom stereocenters. The summed E-state index contributed by atoms with van der Waals surface area (Å²) in [6.45, 7) is 2.37. The molecule has 0 fully saturated rings. The molecule has 0 heterocycles. The summed E-state index contributed by atoms with van der Waals surface area (Å²) in [7, 11) is 0. The van der Waals surface area contributed by atoms with Crippen molar-refractivity contribution in [2.45, 2.75) is 25.8 Å². The van der Waals surface area contributed by atoms with Gasteiger partial charge in [-0.15, -0.1) is 11.8 Å². The monoisotopic (exact) mass is 214 g/mol. The van der Waals surface area contributed by atoms with Gasteiger partial charge in [0.1, 0.15) is 0 Å². The van der Waals surface area contributed by atoms with Gasteiger partial charge in [0.15, 0.2) is 0 Å². The second kappa shape index (κ2) is 8.92. The smallest absolute Gasteiger partial charge is 0.236 e. The summed E-state index contributed by atoms with van der Waals surface area (Å²) in [5.41, 5.74) is 5.66. The first-order valence-corrected chi connectivity index (χ1v) is 6.03. The van der Waals surface area contributed by atoms with Crippen molar-refractivity contribution in [3.05, 3.63) is 0 Å². The molecule has 14 heavy (non-hydrogen) atoms. The maximum absolute atomic E-state index is 11.3. The van der Waals surface area contributed by atoms with E-state index in [4.69, 9.17) is 5.73 Å². The molecule has 3 nitrogen and oxygen atoms in total. The molecular formula is C10H18N2OS. The summed E-state index contributed by atoms with van der Waals surface area (Å²) in [5.74, 6) is 6.49. The predicted octanol–water partition coefficient (Wildman–Crippen LogP) is 0.596. The molecule has 0 aliphatic carbocycles. The summed E-state index contributed by atoms with van der Waals surface area (Å²) in [6, 6.07) is -0.378. The van der Waals surface area contributed by atoms with E-state index in [9.17, 15) is 4.79 Å². The van der Waals surface area contributed by atoms with Crippen LogP contribution in [-0.4, -0.2) is 30.5 Å². The van der Waals surface area contributed by atoms with Crippen molar-refractivity contribution in [2.75, 3.05) is 18.6 Å². The number of hydrogen-bond acceptors (Lipinski definition) is 3. The molecule has 0 saturated heterocycles. The quantitative estimate of drug-likeness (QED) is 0.503. The van der Waals surface area contributed by atoms with E-state index >= 15 is 0 Å². The first kappa shape index (κ1) is 13.3. The van der Waals surface area contributed by atoms with E-state index in [1.165, 1.54) is 0 Å². The summed E-state index contributed by atoms with van der Waals surface area (Å²) in [5, 5.41) is 2.75. The zero-order valence-electron chi connectivity index (χ0n) is 8.80. The van der Waals surface area contributed by atoms with Gasteiger partial charge in [0.2, 0.25) is 5.91 Å². The van der Waals surface area contributed by atoms with Gasteiger partial charge in [-0.2, -0.15) is 11.8 Å². The minimum Gasteiger partial charge on any atom is -0.354 e. The Morgan fingerprint density at radius 1 is 1.64 bits per heavy atom. The third-order valence-electron chi connectivity index (χ3n) is 1.70. The van der Waals surface area contributed by atoms with Gasteiger partial charge < -0.3 is 11.1 Å². The van der Waals surface area contributed by atoms with Crippen LogP contribution in [0, 0.1) is 11.8 Å². The van der Waals surface area contributed by atoms with Gasteiger partial charge in [0, 0.05) is 13.0 Å². The summed E-state index contributed by atoms with van der Waals surface area (Å²) >= 11 is 1.70. The fourth-order valence-electron chi connectivity index (χ4n) is 0.880. The number of amides is 1. The third kappa shape index (κ3) is 6.81. The van der Waals surface area contributed by atoms with Crippen LogP contribution in [0.15, 0.2) is 0 Å². The van der Waals surface area contributed by atoms with Crippen LogP contribution >= 0.6 is 11.8 Å². The lowest BCUT2D eigenvalue weighted by atomic mass is 10.2. The van der Waals surface area contributed by atoms with Gasteiger partial charge in [-0.1, -0.05) is 0 Å². The van der Waals surface area contributed by atoms with Crippen LogP contribution in [-0.2, 0) is 4.79 Å². The highest BCUT2D eigenvalue weighted by Gasteiger charge is 2.11. The van der Waals surface area contributed by atoms with Crippen LogP contribution in [0.3, 0.4) is 0 Å². The Morgan fingerprint density at radius 3 is 2.93 bits per heavy atom. The molecule has 0 aromatic rings. The predicted molar refractivity (Wildman–Crippen MR) is 62.1 cm³/mol. The molecule has 0 aliphatic heterocycles. The second-order valence-corrected chi connectivity index (χ2v) is 3.84.